The Balaban J connectivity index is 1.32. The highest BCUT2D eigenvalue weighted by molar-refractivity contribution is 7.22. The Morgan fingerprint density at radius 2 is 1.90 bits per heavy atom. The van der Waals surface area contributed by atoms with Gasteiger partial charge in [0, 0.05) is 43.1 Å². The molecule has 1 unspecified atom stereocenters. The van der Waals surface area contributed by atoms with Gasteiger partial charge in [-0.05, 0) is 51.8 Å². The Hall–Kier alpha value is -2.58. The molecule has 4 aromatic heterocycles. The number of piperidine rings is 1. The van der Waals surface area contributed by atoms with Gasteiger partial charge in [0.25, 0.3) is 0 Å². The predicted molar refractivity (Wildman–Crippen MR) is 122 cm³/mol. The van der Waals surface area contributed by atoms with Crippen molar-refractivity contribution in [2.75, 3.05) is 19.0 Å². The van der Waals surface area contributed by atoms with Gasteiger partial charge >= 0.3 is 0 Å². The lowest BCUT2D eigenvalue weighted by molar-refractivity contribution is 0.161. The van der Waals surface area contributed by atoms with Crippen molar-refractivity contribution < 1.29 is 4.39 Å². The fourth-order valence-electron chi connectivity index (χ4n) is 5.30. The molecule has 2 bridgehead atoms. The minimum atomic E-state index is -0.339. The van der Waals surface area contributed by atoms with Crippen molar-refractivity contribution in [2.45, 2.75) is 50.7 Å². The van der Waals surface area contributed by atoms with Crippen LogP contribution in [0, 0.1) is 12.7 Å². The largest absolute Gasteiger partial charge is 0.348 e. The van der Waals surface area contributed by atoms with Crippen LogP contribution in [-0.4, -0.2) is 56.5 Å². The van der Waals surface area contributed by atoms with Crippen LogP contribution < -0.4 is 4.90 Å². The molecule has 0 radical (unpaired) electrons. The van der Waals surface area contributed by atoms with Crippen molar-refractivity contribution in [3.05, 3.63) is 42.2 Å². The average molecular weight is 437 g/mol. The van der Waals surface area contributed by atoms with Crippen LogP contribution in [-0.2, 0) is 0 Å². The third-order valence-electron chi connectivity index (χ3n) is 7.11. The number of hydrogen-bond donors (Lipinski definition) is 0. The summed E-state index contributed by atoms with van der Waals surface area (Å²) < 4.78 is 17.3. The summed E-state index contributed by atoms with van der Waals surface area (Å²) in [4.78, 5) is 18.6. The summed E-state index contributed by atoms with van der Waals surface area (Å²) in [6, 6.07) is 5.46. The number of aryl methyl sites for hydroxylation is 1. The van der Waals surface area contributed by atoms with Crippen LogP contribution in [0.3, 0.4) is 0 Å². The van der Waals surface area contributed by atoms with Gasteiger partial charge in [-0.1, -0.05) is 11.3 Å². The molecule has 0 aromatic carbocycles. The van der Waals surface area contributed by atoms with Gasteiger partial charge in [-0.3, -0.25) is 4.98 Å². The second kappa shape index (κ2) is 6.97. The van der Waals surface area contributed by atoms with E-state index < -0.39 is 0 Å². The Morgan fingerprint density at radius 3 is 2.68 bits per heavy atom. The van der Waals surface area contributed by atoms with E-state index in [0.29, 0.717) is 23.8 Å². The molecule has 0 spiro atoms. The topological polar surface area (TPSA) is 49.6 Å². The molecule has 0 amide bonds. The van der Waals surface area contributed by atoms with Gasteiger partial charge in [0.05, 0.1) is 22.3 Å². The first-order valence-corrected chi connectivity index (χ1v) is 11.6. The van der Waals surface area contributed by atoms with Crippen molar-refractivity contribution in [3.8, 4) is 11.3 Å². The number of anilines is 1. The first kappa shape index (κ1) is 19.1. The second-order valence-electron chi connectivity index (χ2n) is 9.01. The van der Waals surface area contributed by atoms with Crippen molar-refractivity contribution in [1.82, 2.24) is 24.3 Å². The van der Waals surface area contributed by atoms with E-state index in [1.54, 1.807) is 21.9 Å². The summed E-state index contributed by atoms with van der Waals surface area (Å²) in [5, 5.41) is 1.04. The van der Waals surface area contributed by atoms with E-state index in [-0.39, 0.29) is 5.82 Å². The lowest BCUT2D eigenvalue weighted by Gasteiger charge is -2.40. The van der Waals surface area contributed by atoms with Gasteiger partial charge in [-0.25, -0.2) is 14.4 Å². The molecule has 2 fully saturated rings. The molecule has 2 aliphatic rings. The summed E-state index contributed by atoms with van der Waals surface area (Å²) in [5.41, 5.74) is 3.51. The number of pyridine rings is 2. The Labute approximate surface area is 184 Å². The molecule has 3 atom stereocenters. The zero-order valence-electron chi connectivity index (χ0n) is 17.9. The van der Waals surface area contributed by atoms with Gasteiger partial charge in [0.1, 0.15) is 5.52 Å². The van der Waals surface area contributed by atoms with Crippen molar-refractivity contribution in [3.63, 3.8) is 0 Å². The van der Waals surface area contributed by atoms with Gasteiger partial charge in [-0.2, -0.15) is 0 Å². The minimum Gasteiger partial charge on any atom is -0.348 e. The van der Waals surface area contributed by atoms with E-state index >= 15 is 0 Å². The van der Waals surface area contributed by atoms with E-state index in [1.165, 1.54) is 31.7 Å². The molecule has 0 aliphatic carbocycles. The fraction of sp³-hybridized carbons (Fsp3) is 0.435. The minimum absolute atomic E-state index is 0.339. The Kier molecular flexibility index (Phi) is 4.30. The summed E-state index contributed by atoms with van der Waals surface area (Å²) >= 11 is 1.69. The number of rotatable bonds is 3. The summed E-state index contributed by atoms with van der Waals surface area (Å²) in [6.45, 7) is 1.86. The number of thiazole rings is 1. The van der Waals surface area contributed by atoms with Gasteiger partial charge in [0.2, 0.25) is 0 Å². The Morgan fingerprint density at radius 1 is 1.13 bits per heavy atom. The van der Waals surface area contributed by atoms with Crippen LogP contribution in [0.4, 0.5) is 9.52 Å². The molecule has 6 nitrogen and oxygen atoms in total. The second-order valence-corrected chi connectivity index (χ2v) is 10.0. The van der Waals surface area contributed by atoms with Crippen molar-refractivity contribution in [2.24, 2.45) is 0 Å². The first-order chi connectivity index (χ1) is 15.0. The summed E-state index contributed by atoms with van der Waals surface area (Å²) in [7, 11) is 4.45. The quantitative estimate of drug-likeness (QED) is 0.473. The van der Waals surface area contributed by atoms with E-state index in [2.05, 4.69) is 33.9 Å². The molecule has 0 N–H and O–H groups in total. The molecular formula is C23H25FN6S. The molecule has 0 saturated carbocycles. The molecule has 31 heavy (non-hydrogen) atoms. The maximum absolute atomic E-state index is 14.5. The number of imidazole rings is 1. The number of nitrogens with zero attached hydrogens (tertiary/aromatic N) is 6. The van der Waals surface area contributed by atoms with Gasteiger partial charge in [0.15, 0.2) is 16.6 Å². The zero-order valence-corrected chi connectivity index (χ0v) is 18.7. The zero-order chi connectivity index (χ0) is 21.3. The summed E-state index contributed by atoms with van der Waals surface area (Å²) in [6.07, 6.45) is 10.5. The predicted octanol–water partition coefficient (Wildman–Crippen LogP) is 4.51. The standard InChI is InChI=1S/C23H25FN6S/c1-13-11-30-12-14(6-18(24)22(30)26-13)19-9-21-20(10-25-19)27-23(31-21)29(3)17-7-15-4-5-16(8-17)28(15)2/h6,9-12,15-17H,4-5,7-8H2,1-3H3/t15-,16+,17?. The normalized spacial score (nSPS) is 23.8. The van der Waals surface area contributed by atoms with Crippen LogP contribution in [0.25, 0.3) is 27.1 Å². The molecule has 160 valence electrons. The average Bonchev–Trinajstić information content (AvgIpc) is 3.39. The van der Waals surface area contributed by atoms with Crippen LogP contribution in [0.2, 0.25) is 0 Å². The van der Waals surface area contributed by atoms with Gasteiger partial charge < -0.3 is 14.2 Å². The maximum atomic E-state index is 14.5. The van der Waals surface area contributed by atoms with Crippen molar-refractivity contribution in [1.29, 1.82) is 0 Å². The highest BCUT2D eigenvalue weighted by atomic mass is 32.1. The van der Waals surface area contributed by atoms with Crippen LogP contribution in [0.15, 0.2) is 30.7 Å². The smallest absolute Gasteiger partial charge is 0.186 e. The molecule has 8 heteroatoms. The molecular weight excluding hydrogens is 411 g/mol. The third-order valence-corrected chi connectivity index (χ3v) is 8.22. The SMILES string of the molecule is Cc1cn2cc(-c3cc4sc(N(C)C5C[C@H]6CC[C@@H](C5)N6C)nc4cn3)cc(F)c2n1. The van der Waals surface area contributed by atoms with Crippen LogP contribution >= 0.6 is 11.3 Å². The highest BCUT2D eigenvalue weighted by Gasteiger charge is 2.40. The molecule has 2 saturated heterocycles. The van der Waals surface area contributed by atoms with Crippen molar-refractivity contribution >= 4 is 32.3 Å². The van der Waals surface area contributed by atoms with Crippen LogP contribution in [0.5, 0.6) is 0 Å². The van der Waals surface area contributed by atoms with E-state index in [1.807, 2.05) is 25.4 Å². The van der Waals surface area contributed by atoms with E-state index in [0.717, 1.165) is 32.3 Å². The molecule has 2 aliphatic heterocycles. The highest BCUT2D eigenvalue weighted by Crippen LogP contribution is 2.39. The monoisotopic (exact) mass is 436 g/mol. The maximum Gasteiger partial charge on any atom is 0.186 e. The van der Waals surface area contributed by atoms with Gasteiger partial charge in [-0.15, -0.1) is 0 Å². The number of fused-ring (bicyclic) bond motifs is 4. The number of hydrogen-bond acceptors (Lipinski definition) is 6. The van der Waals surface area contributed by atoms with E-state index in [4.69, 9.17) is 4.98 Å². The molecule has 6 heterocycles. The third kappa shape index (κ3) is 3.11. The number of aromatic nitrogens is 4. The molecule has 4 aromatic rings. The Bertz CT molecular complexity index is 1280. The lowest BCUT2D eigenvalue weighted by atomic mass is 9.97. The first-order valence-electron chi connectivity index (χ1n) is 10.8. The fourth-order valence-corrected chi connectivity index (χ4v) is 6.31. The summed E-state index contributed by atoms with van der Waals surface area (Å²) in [5.74, 6) is -0.339. The van der Waals surface area contributed by atoms with E-state index in [9.17, 15) is 4.39 Å². The van der Waals surface area contributed by atoms with Crippen LogP contribution in [0.1, 0.15) is 31.4 Å². The molecule has 6 rings (SSSR count). The number of halogens is 1. The lowest BCUT2D eigenvalue weighted by Crippen LogP contribution is -2.47.